The van der Waals surface area contributed by atoms with Crippen molar-refractivity contribution in [2.45, 2.75) is 89.8 Å². The average molecular weight is 598 g/mol. The van der Waals surface area contributed by atoms with Crippen LogP contribution in [0.4, 0.5) is 4.79 Å². The summed E-state index contributed by atoms with van der Waals surface area (Å²) in [5.41, 5.74) is 0.969. The number of hydrogen-bond acceptors (Lipinski definition) is 9. The van der Waals surface area contributed by atoms with Crippen LogP contribution in [0.1, 0.15) is 63.1 Å². The Hall–Kier alpha value is -3.55. The van der Waals surface area contributed by atoms with Crippen LogP contribution in [-0.4, -0.2) is 82.2 Å². The van der Waals surface area contributed by atoms with Crippen LogP contribution in [0.2, 0.25) is 0 Å². The van der Waals surface area contributed by atoms with E-state index in [4.69, 9.17) is 19.6 Å². The van der Waals surface area contributed by atoms with Gasteiger partial charge in [-0.25, -0.2) is 22.7 Å². The van der Waals surface area contributed by atoms with Crippen molar-refractivity contribution >= 4 is 34.0 Å². The van der Waals surface area contributed by atoms with Crippen LogP contribution in [-0.2, 0) is 29.1 Å². The summed E-state index contributed by atoms with van der Waals surface area (Å²) in [4.78, 5) is 39.4. The largest absolute Gasteiger partial charge is 0.496 e. The minimum Gasteiger partial charge on any atom is -0.496 e. The molecular formula is C27H43N5O8S. The molecule has 13 nitrogen and oxygen atoms in total. The summed E-state index contributed by atoms with van der Waals surface area (Å²) < 4.78 is 43.8. The van der Waals surface area contributed by atoms with Crippen LogP contribution in [0.25, 0.3) is 0 Å². The third-order valence-corrected chi connectivity index (χ3v) is 8.30. The number of carbonyl (C=O) groups excluding carboxylic acids is 3. The smallest absolute Gasteiger partial charge is 0.410 e. The molecule has 1 aromatic carbocycles. The highest BCUT2D eigenvalue weighted by Crippen LogP contribution is 2.30. The predicted molar refractivity (Wildman–Crippen MR) is 152 cm³/mol. The highest BCUT2D eigenvalue weighted by molar-refractivity contribution is 7.90. The molecule has 2 rings (SSSR count). The summed E-state index contributed by atoms with van der Waals surface area (Å²) in [6.07, 6.45) is 0.914. The van der Waals surface area contributed by atoms with Crippen molar-refractivity contribution in [2.75, 3.05) is 27.3 Å². The first-order valence-corrected chi connectivity index (χ1v) is 14.9. The molecule has 0 aromatic heterocycles. The van der Waals surface area contributed by atoms with Crippen molar-refractivity contribution in [1.82, 2.24) is 20.3 Å². The zero-order chi connectivity index (χ0) is 31.1. The average Bonchev–Trinajstić information content (AvgIpc) is 3.36. The van der Waals surface area contributed by atoms with Crippen LogP contribution in [0.3, 0.4) is 0 Å². The number of hydrogen-bond donors (Lipinski definition) is 4. The van der Waals surface area contributed by atoms with Gasteiger partial charge in [0.25, 0.3) is 10.0 Å². The van der Waals surface area contributed by atoms with Gasteiger partial charge in [-0.1, -0.05) is 0 Å². The Bertz CT molecular complexity index is 1260. The van der Waals surface area contributed by atoms with E-state index < -0.39 is 51.6 Å². The Morgan fingerprint density at radius 2 is 1.80 bits per heavy atom. The molecule has 1 heterocycles. The molecule has 0 spiro atoms. The Morgan fingerprint density at radius 3 is 2.39 bits per heavy atom. The number of likely N-dealkylation sites (tertiary alicyclic amines) is 1. The molecule has 1 fully saturated rings. The summed E-state index contributed by atoms with van der Waals surface area (Å²) >= 11 is 0. The van der Waals surface area contributed by atoms with Gasteiger partial charge in [0.2, 0.25) is 11.9 Å². The summed E-state index contributed by atoms with van der Waals surface area (Å²) in [5, 5.41) is 13.4. The maximum Gasteiger partial charge on any atom is 0.410 e. The van der Waals surface area contributed by atoms with Gasteiger partial charge < -0.3 is 24.8 Å². The van der Waals surface area contributed by atoms with Crippen molar-refractivity contribution < 1.29 is 37.0 Å². The van der Waals surface area contributed by atoms with Crippen molar-refractivity contribution in [2.24, 2.45) is 0 Å². The second kappa shape index (κ2) is 13.9. The lowest BCUT2D eigenvalue weighted by Gasteiger charge is -2.28. The lowest BCUT2D eigenvalue weighted by Crippen LogP contribution is -2.52. The first-order chi connectivity index (χ1) is 19.0. The number of benzene rings is 1. The molecule has 0 radical (unpaired) electrons. The number of carbonyl (C=O) groups is 3. The fourth-order valence-electron chi connectivity index (χ4n) is 4.63. The molecular weight excluding hydrogens is 554 g/mol. The van der Waals surface area contributed by atoms with Crippen molar-refractivity contribution in [1.29, 1.82) is 5.41 Å². The predicted octanol–water partition coefficient (Wildman–Crippen LogP) is 2.26. The van der Waals surface area contributed by atoms with Gasteiger partial charge >= 0.3 is 12.1 Å². The minimum atomic E-state index is -4.05. The molecule has 2 amide bonds. The lowest BCUT2D eigenvalue weighted by atomic mass is 10.1. The van der Waals surface area contributed by atoms with Gasteiger partial charge in [-0.15, -0.1) is 0 Å². The van der Waals surface area contributed by atoms with Gasteiger partial charge in [0.05, 0.1) is 19.1 Å². The van der Waals surface area contributed by atoms with Crippen molar-refractivity contribution in [3.8, 4) is 5.75 Å². The number of sulfonamides is 1. The Kier molecular flexibility index (Phi) is 11.4. The second-order valence-electron chi connectivity index (χ2n) is 10.9. The van der Waals surface area contributed by atoms with Crippen LogP contribution >= 0.6 is 0 Å². The van der Waals surface area contributed by atoms with Gasteiger partial charge in [-0.2, -0.15) is 0 Å². The van der Waals surface area contributed by atoms with E-state index in [-0.39, 0.29) is 17.9 Å². The van der Waals surface area contributed by atoms with E-state index in [1.165, 1.54) is 19.1 Å². The monoisotopic (exact) mass is 597 g/mol. The summed E-state index contributed by atoms with van der Waals surface area (Å²) in [7, 11) is -1.34. The molecule has 14 heteroatoms. The number of aryl methyl sites for hydroxylation is 1. The van der Waals surface area contributed by atoms with Gasteiger partial charge in [0.15, 0.2) is 0 Å². The number of nitrogens with one attached hydrogen (secondary N) is 4. The van der Waals surface area contributed by atoms with E-state index in [9.17, 15) is 22.8 Å². The fourth-order valence-corrected chi connectivity index (χ4v) is 6.11. The minimum absolute atomic E-state index is 0.0724. The number of guanidine groups is 1. The van der Waals surface area contributed by atoms with Gasteiger partial charge in [-0.3, -0.25) is 15.1 Å². The summed E-state index contributed by atoms with van der Waals surface area (Å²) in [5.74, 6) is -1.01. The van der Waals surface area contributed by atoms with E-state index in [1.807, 2.05) is 0 Å². The molecule has 0 saturated carbocycles. The zero-order valence-electron chi connectivity index (χ0n) is 25.1. The zero-order valence-corrected chi connectivity index (χ0v) is 25.9. The van der Waals surface area contributed by atoms with Crippen LogP contribution in [0.15, 0.2) is 11.0 Å². The lowest BCUT2D eigenvalue weighted by molar-refractivity contribution is -0.145. The van der Waals surface area contributed by atoms with Gasteiger partial charge in [-0.05, 0) is 90.0 Å². The number of ether oxygens (including phenoxy) is 3. The fraction of sp³-hybridized carbons (Fsp3) is 0.630. The standard InChI is InChI=1S/C27H43N5O8S/c1-16-15-21(38-7)17(2)18(3)22(16)41(36,37)31-25(28)29-13-9-11-19(24(34)39-8)30-23(33)20-12-10-14-32(20)26(35)40-27(4,5)6/h15,19-20H,9-14H2,1-8H3,(H,30,33)(H3,28,29,31)/t19-,20-/m0/s1. The Labute approximate surface area is 242 Å². The van der Waals surface area contributed by atoms with E-state index in [2.05, 4.69) is 15.4 Å². The molecule has 2 atom stereocenters. The third-order valence-electron chi connectivity index (χ3n) is 6.66. The summed E-state index contributed by atoms with van der Waals surface area (Å²) in [6.45, 7) is 10.8. The van der Waals surface area contributed by atoms with E-state index >= 15 is 0 Å². The number of methoxy groups -OCH3 is 2. The van der Waals surface area contributed by atoms with E-state index in [0.717, 1.165) is 0 Å². The maximum absolute atomic E-state index is 13.0. The first kappa shape index (κ1) is 33.7. The van der Waals surface area contributed by atoms with Crippen molar-refractivity contribution in [3.05, 3.63) is 22.8 Å². The van der Waals surface area contributed by atoms with E-state index in [0.29, 0.717) is 48.2 Å². The topological polar surface area (TPSA) is 176 Å². The number of amides is 2. The summed E-state index contributed by atoms with van der Waals surface area (Å²) in [6, 6.07) is -0.131. The molecule has 1 aliphatic heterocycles. The van der Waals surface area contributed by atoms with E-state index in [1.54, 1.807) is 47.6 Å². The first-order valence-electron chi connectivity index (χ1n) is 13.4. The molecule has 0 aliphatic carbocycles. The maximum atomic E-state index is 13.0. The molecule has 1 aliphatic rings. The van der Waals surface area contributed by atoms with Gasteiger partial charge in [0.1, 0.15) is 23.4 Å². The van der Waals surface area contributed by atoms with Crippen LogP contribution < -0.4 is 20.1 Å². The molecule has 1 aromatic rings. The van der Waals surface area contributed by atoms with Crippen LogP contribution in [0, 0.1) is 26.2 Å². The van der Waals surface area contributed by atoms with Crippen LogP contribution in [0.5, 0.6) is 5.75 Å². The second-order valence-corrected chi connectivity index (χ2v) is 12.6. The molecule has 4 N–H and O–H groups in total. The highest BCUT2D eigenvalue weighted by Gasteiger charge is 2.38. The molecule has 1 saturated heterocycles. The van der Waals surface area contributed by atoms with Gasteiger partial charge in [0, 0.05) is 13.1 Å². The number of esters is 1. The third kappa shape index (κ3) is 8.97. The molecule has 0 unspecified atom stereocenters. The normalized spacial score (nSPS) is 16.0. The molecule has 41 heavy (non-hydrogen) atoms. The molecule has 230 valence electrons. The Morgan fingerprint density at radius 1 is 1.15 bits per heavy atom. The highest BCUT2D eigenvalue weighted by atomic mass is 32.2. The Balaban J connectivity index is 1.96. The number of nitrogens with zero attached hydrogens (tertiary/aromatic N) is 1. The van der Waals surface area contributed by atoms with Crippen molar-refractivity contribution in [3.63, 3.8) is 0 Å². The quantitative estimate of drug-likeness (QED) is 0.136. The molecule has 0 bridgehead atoms. The number of rotatable bonds is 10. The SMILES string of the molecule is COC(=O)[C@H](CCCNC(=N)NS(=O)(=O)c1c(C)cc(OC)c(C)c1C)NC(=O)[C@@H]1CCCN1C(=O)OC(C)(C)C.